The molecule has 130 valence electrons. The zero-order valence-corrected chi connectivity index (χ0v) is 14.3. The van der Waals surface area contributed by atoms with Gasteiger partial charge in [-0.05, 0) is 41.5 Å². The fraction of sp³-hybridized carbons (Fsp3) is 0.500. The van der Waals surface area contributed by atoms with Crippen LogP contribution in [0.5, 0.6) is 11.5 Å². The van der Waals surface area contributed by atoms with E-state index in [4.69, 9.17) is 28.4 Å². The van der Waals surface area contributed by atoms with Gasteiger partial charge in [-0.3, -0.25) is 18.9 Å². The van der Waals surface area contributed by atoms with Gasteiger partial charge in [0.25, 0.3) is 5.58 Å². The van der Waals surface area contributed by atoms with Crippen molar-refractivity contribution in [1.82, 2.24) is 0 Å². The summed E-state index contributed by atoms with van der Waals surface area (Å²) in [7, 11) is 0. The van der Waals surface area contributed by atoms with Crippen molar-refractivity contribution >= 4 is 23.1 Å². The van der Waals surface area contributed by atoms with Gasteiger partial charge in [0.2, 0.25) is 17.1 Å². The molecule has 0 radical (unpaired) electrons. The molecule has 0 atom stereocenters. The van der Waals surface area contributed by atoms with E-state index in [1.54, 1.807) is 41.5 Å². The Morgan fingerprint density at radius 2 is 1.17 bits per heavy atom. The molecule has 3 rings (SSSR count). The first kappa shape index (κ1) is 16.2. The second-order valence-electron chi connectivity index (χ2n) is 7.40. The molecule has 0 aliphatic carbocycles. The molecule has 8 heteroatoms. The molecule has 1 aliphatic heterocycles. The molecule has 8 nitrogen and oxygen atoms in total. The lowest BCUT2D eigenvalue weighted by Gasteiger charge is -2.21. The van der Waals surface area contributed by atoms with Crippen LogP contribution in [0.25, 0.3) is 11.2 Å². The number of carbonyl (C=O) groups excluding carboxylic acids is 2. The van der Waals surface area contributed by atoms with Crippen molar-refractivity contribution in [2.75, 3.05) is 0 Å². The average Bonchev–Trinajstić information content (AvgIpc) is 2.69. The Labute approximate surface area is 137 Å². The van der Waals surface area contributed by atoms with Crippen LogP contribution in [-0.4, -0.2) is 23.1 Å². The zero-order valence-electron chi connectivity index (χ0n) is 14.3. The van der Waals surface area contributed by atoms with Crippen LogP contribution in [-0.2, 0) is 9.47 Å². The average molecular weight is 338 g/mol. The molecular weight excluding hydrogens is 320 g/mol. The highest BCUT2D eigenvalue weighted by molar-refractivity contribution is 6.12. The van der Waals surface area contributed by atoms with E-state index >= 15 is 0 Å². The van der Waals surface area contributed by atoms with Gasteiger partial charge < -0.3 is 9.47 Å². The number of benzene rings is 1. The van der Waals surface area contributed by atoms with Crippen LogP contribution in [0.15, 0.2) is 9.15 Å². The smallest absolute Gasteiger partial charge is 0.346 e. The lowest BCUT2D eigenvalue weighted by molar-refractivity contribution is -0.0862. The first-order valence-electron chi connectivity index (χ1n) is 7.37. The van der Waals surface area contributed by atoms with E-state index in [2.05, 4.69) is 0 Å². The minimum Gasteiger partial charge on any atom is -0.456 e. The van der Waals surface area contributed by atoms with Crippen LogP contribution >= 0.6 is 0 Å². The maximum atomic E-state index is 12.5. The van der Waals surface area contributed by atoms with Gasteiger partial charge in [0.1, 0.15) is 11.2 Å². The van der Waals surface area contributed by atoms with E-state index in [9.17, 15) is 9.59 Å². The molecule has 2 aromatic rings. The highest BCUT2D eigenvalue weighted by Gasteiger charge is 2.43. The fourth-order valence-electron chi connectivity index (χ4n) is 2.14. The molecule has 0 unspecified atom stereocenters. The summed E-state index contributed by atoms with van der Waals surface area (Å²) in [5, 5.41) is 0. The van der Waals surface area contributed by atoms with Crippen molar-refractivity contribution in [3.63, 3.8) is 0 Å². The lowest BCUT2D eigenvalue weighted by Crippen LogP contribution is -2.25. The molecule has 0 spiro atoms. The maximum absolute atomic E-state index is 12.5. The molecule has 0 saturated carbocycles. The second kappa shape index (κ2) is 4.93. The van der Waals surface area contributed by atoms with Crippen molar-refractivity contribution in [3.8, 4) is 11.5 Å². The van der Waals surface area contributed by atoms with Gasteiger partial charge in [-0.15, -0.1) is 0 Å². The summed E-state index contributed by atoms with van der Waals surface area (Å²) < 4.78 is 20.4. The number of esters is 2. The second-order valence-corrected chi connectivity index (χ2v) is 7.40. The predicted molar refractivity (Wildman–Crippen MR) is 80.1 cm³/mol. The molecule has 0 N–H and O–H groups in total. The summed E-state index contributed by atoms with van der Waals surface area (Å²) in [5.74, 6) is -1.50. The van der Waals surface area contributed by atoms with Gasteiger partial charge in [-0.2, -0.15) is 0 Å². The molecule has 2 bridgehead atoms. The fourth-order valence-corrected chi connectivity index (χ4v) is 2.14. The molecule has 1 aliphatic rings. The topological polar surface area (TPSA) is 97.3 Å². The van der Waals surface area contributed by atoms with E-state index < -0.39 is 23.1 Å². The Bertz CT molecular complexity index is 825. The Kier molecular flexibility index (Phi) is 3.33. The Morgan fingerprint density at radius 1 is 0.708 bits per heavy atom. The van der Waals surface area contributed by atoms with E-state index in [0.29, 0.717) is 0 Å². The van der Waals surface area contributed by atoms with Crippen molar-refractivity contribution in [1.29, 1.82) is 0 Å². The van der Waals surface area contributed by atoms with Crippen LogP contribution in [0.1, 0.15) is 62.3 Å². The van der Waals surface area contributed by atoms with Gasteiger partial charge >= 0.3 is 11.9 Å². The van der Waals surface area contributed by atoms with E-state index in [0.717, 1.165) is 0 Å². The lowest BCUT2D eigenvalue weighted by atomic mass is 10.0. The molecule has 0 fully saturated rings. The molecule has 0 saturated heterocycles. The third kappa shape index (κ3) is 2.68. The van der Waals surface area contributed by atoms with Gasteiger partial charge in [-0.1, -0.05) is 0 Å². The molecule has 0 amide bonds. The standard InChI is InChI=1S/C16H18O8/c1-15(2,3)19-13(17)7-9-8(14(18)20-16(4,5)6)11-12(24-23-11)10(7)22-21-9/h1-6H3. The van der Waals surface area contributed by atoms with Crippen LogP contribution in [0.3, 0.4) is 0 Å². The third-order valence-corrected chi connectivity index (χ3v) is 2.94. The van der Waals surface area contributed by atoms with Gasteiger partial charge in [-0.25, -0.2) is 9.59 Å². The van der Waals surface area contributed by atoms with E-state index in [1.165, 1.54) is 0 Å². The number of fused-ring (bicyclic) bond motifs is 4. The summed E-state index contributed by atoms with van der Waals surface area (Å²) in [4.78, 5) is 35.0. The van der Waals surface area contributed by atoms with Gasteiger partial charge in [0.05, 0.1) is 0 Å². The van der Waals surface area contributed by atoms with E-state index in [1.807, 2.05) is 0 Å². The van der Waals surface area contributed by atoms with Crippen molar-refractivity contribution in [3.05, 3.63) is 11.1 Å². The maximum Gasteiger partial charge on any atom is 0.346 e. The Balaban J connectivity index is 2.10. The third-order valence-electron chi connectivity index (χ3n) is 2.94. The largest absolute Gasteiger partial charge is 0.456 e. The molecule has 2 heterocycles. The summed E-state index contributed by atoms with van der Waals surface area (Å²) in [6.45, 7) is 10.3. The molecule has 1 aromatic heterocycles. The summed E-state index contributed by atoms with van der Waals surface area (Å²) >= 11 is 0. The Hall–Kier alpha value is -2.64. The quantitative estimate of drug-likeness (QED) is 0.605. The highest BCUT2D eigenvalue weighted by Crippen LogP contribution is 2.48. The number of hydrogen-bond donors (Lipinski definition) is 0. The minimum atomic E-state index is -0.745. The highest BCUT2D eigenvalue weighted by atomic mass is 17.2. The van der Waals surface area contributed by atoms with Crippen molar-refractivity contribution in [2.45, 2.75) is 52.7 Å². The first-order chi connectivity index (χ1) is 11.0. The number of ether oxygens (including phenoxy) is 2. The van der Waals surface area contributed by atoms with Gasteiger partial charge in [0.15, 0.2) is 11.1 Å². The van der Waals surface area contributed by atoms with Crippen molar-refractivity contribution < 1.29 is 38.0 Å². The van der Waals surface area contributed by atoms with Crippen molar-refractivity contribution in [2.24, 2.45) is 0 Å². The minimum absolute atomic E-state index is 0.0211. The predicted octanol–water partition coefficient (Wildman–Crippen LogP) is 3.62. The normalized spacial score (nSPS) is 13.6. The molecule has 1 aromatic carbocycles. The van der Waals surface area contributed by atoms with Crippen LogP contribution < -0.4 is 9.78 Å². The molecular formula is C16H18O8. The number of hydrogen-bond acceptors (Lipinski definition) is 8. The molecule has 24 heavy (non-hydrogen) atoms. The van der Waals surface area contributed by atoms with Gasteiger partial charge in [0, 0.05) is 0 Å². The summed E-state index contributed by atoms with van der Waals surface area (Å²) in [5.41, 5.74) is -1.38. The van der Waals surface area contributed by atoms with Crippen LogP contribution in [0, 0.1) is 0 Å². The summed E-state index contributed by atoms with van der Waals surface area (Å²) in [6.07, 6.45) is 0. The van der Waals surface area contributed by atoms with E-state index in [-0.39, 0.29) is 33.8 Å². The zero-order chi connectivity index (χ0) is 17.9. The summed E-state index contributed by atoms with van der Waals surface area (Å²) in [6, 6.07) is 0. The number of carbonyl (C=O) groups is 2. The number of rotatable bonds is 2. The van der Waals surface area contributed by atoms with Crippen LogP contribution in [0.2, 0.25) is 0 Å². The van der Waals surface area contributed by atoms with Crippen LogP contribution in [0.4, 0.5) is 0 Å². The Morgan fingerprint density at radius 3 is 1.62 bits per heavy atom. The monoisotopic (exact) mass is 338 g/mol. The first-order valence-corrected chi connectivity index (χ1v) is 7.37. The SMILES string of the molecule is CC(C)(C)OC(=O)c1c2c(C(=O)OC(C)(C)C)c3ooc3c1OO2.